The average Bonchev–Trinajstić information content (AvgIpc) is 2.61. The first-order valence-electron chi connectivity index (χ1n) is 6.39. The fraction of sp³-hybridized carbons (Fsp3) is 0.917. The normalized spacial score (nSPS) is 20.6. The van der Waals surface area contributed by atoms with Crippen LogP contribution in [0, 0.1) is 0 Å². The van der Waals surface area contributed by atoms with Gasteiger partial charge in [-0.15, -0.1) is 0 Å². The first-order chi connectivity index (χ1) is 8.15. The molecule has 0 aromatic heterocycles. The number of amides is 1. The molecule has 0 aliphatic carbocycles. The Morgan fingerprint density at radius 3 is 2.88 bits per heavy atom. The highest BCUT2D eigenvalue weighted by Gasteiger charge is 2.30. The van der Waals surface area contributed by atoms with Gasteiger partial charge in [-0.05, 0) is 27.1 Å². The number of likely N-dealkylation sites (N-methyl/N-ethyl adjacent to an activating group) is 2. The molecule has 1 unspecified atom stereocenters. The van der Waals surface area contributed by atoms with Crippen molar-refractivity contribution < 1.29 is 9.53 Å². The van der Waals surface area contributed by atoms with E-state index in [4.69, 9.17) is 4.74 Å². The lowest BCUT2D eigenvalue weighted by atomic mass is 10.2. The Bertz CT molecular complexity index is 234. The lowest BCUT2D eigenvalue weighted by Gasteiger charge is -2.17. The fourth-order valence-corrected chi connectivity index (χ4v) is 1.92. The zero-order valence-corrected chi connectivity index (χ0v) is 11.2. The summed E-state index contributed by atoms with van der Waals surface area (Å²) in [4.78, 5) is 15.8. The molecule has 5 heteroatoms. The molecule has 0 aromatic rings. The van der Waals surface area contributed by atoms with Gasteiger partial charge in [-0.2, -0.15) is 0 Å². The van der Waals surface area contributed by atoms with Crippen LogP contribution in [0.3, 0.4) is 0 Å². The van der Waals surface area contributed by atoms with Crippen LogP contribution in [-0.4, -0.2) is 75.2 Å². The number of nitrogens with zero attached hydrogens (tertiary/aromatic N) is 2. The molecular formula is C12H25N3O2. The maximum absolute atomic E-state index is 11.9. The number of carbonyl (C=O) groups is 1. The van der Waals surface area contributed by atoms with Gasteiger partial charge in [-0.25, -0.2) is 0 Å². The molecule has 0 bridgehead atoms. The second kappa shape index (κ2) is 7.63. The molecule has 1 saturated heterocycles. The van der Waals surface area contributed by atoms with Crippen molar-refractivity contribution in [2.45, 2.75) is 19.4 Å². The van der Waals surface area contributed by atoms with Crippen LogP contribution < -0.4 is 5.32 Å². The van der Waals surface area contributed by atoms with Gasteiger partial charge in [-0.1, -0.05) is 6.92 Å². The maximum Gasteiger partial charge on any atom is 0.239 e. The van der Waals surface area contributed by atoms with Crippen molar-refractivity contribution in [3.05, 3.63) is 0 Å². The minimum atomic E-state index is 0.0294. The number of rotatable bonds is 8. The zero-order valence-electron chi connectivity index (χ0n) is 11.2. The first kappa shape index (κ1) is 14.4. The number of nitrogens with one attached hydrogen (secondary N) is 1. The topological polar surface area (TPSA) is 44.8 Å². The quantitative estimate of drug-likeness (QED) is 0.598. The van der Waals surface area contributed by atoms with Gasteiger partial charge in [0.2, 0.25) is 5.91 Å². The number of hydrogen-bond donors (Lipinski definition) is 1. The smallest absolute Gasteiger partial charge is 0.239 e. The number of likely N-dealkylation sites (tertiary alicyclic amines) is 1. The highest BCUT2D eigenvalue weighted by Crippen LogP contribution is 2.10. The lowest BCUT2D eigenvalue weighted by molar-refractivity contribution is -0.130. The summed E-state index contributed by atoms with van der Waals surface area (Å²) in [5.74, 6) is 0.225. The van der Waals surface area contributed by atoms with Gasteiger partial charge in [0.05, 0.1) is 19.3 Å². The van der Waals surface area contributed by atoms with Crippen LogP contribution in [0.4, 0.5) is 0 Å². The van der Waals surface area contributed by atoms with Crippen LogP contribution in [0.25, 0.3) is 0 Å². The highest BCUT2D eigenvalue weighted by molar-refractivity contribution is 5.83. The van der Waals surface area contributed by atoms with Gasteiger partial charge in [0.15, 0.2) is 0 Å². The monoisotopic (exact) mass is 243 g/mol. The van der Waals surface area contributed by atoms with Crippen LogP contribution in [0.5, 0.6) is 0 Å². The standard InChI is InChI=1S/C12H25N3O2/c1-4-13-11-5-6-15(12(11)16)8-10-17-9-7-14(2)3/h11,13H,4-10H2,1-3H3. The van der Waals surface area contributed by atoms with Crippen molar-refractivity contribution in [2.24, 2.45) is 0 Å². The van der Waals surface area contributed by atoms with E-state index >= 15 is 0 Å². The molecule has 100 valence electrons. The summed E-state index contributed by atoms with van der Waals surface area (Å²) in [7, 11) is 4.04. The summed E-state index contributed by atoms with van der Waals surface area (Å²) in [5, 5.41) is 3.20. The third-order valence-corrected chi connectivity index (χ3v) is 2.94. The summed E-state index contributed by atoms with van der Waals surface area (Å²) in [6.45, 7) is 6.74. The summed E-state index contributed by atoms with van der Waals surface area (Å²) in [6.07, 6.45) is 0.921. The van der Waals surface area contributed by atoms with Crippen LogP contribution in [0.15, 0.2) is 0 Å². The Morgan fingerprint density at radius 2 is 2.24 bits per heavy atom. The van der Waals surface area contributed by atoms with E-state index in [0.29, 0.717) is 13.2 Å². The van der Waals surface area contributed by atoms with Crippen LogP contribution in [0.1, 0.15) is 13.3 Å². The number of ether oxygens (including phenoxy) is 1. The van der Waals surface area contributed by atoms with Crippen molar-refractivity contribution >= 4 is 5.91 Å². The predicted molar refractivity (Wildman–Crippen MR) is 68.0 cm³/mol. The molecule has 1 aliphatic heterocycles. The highest BCUT2D eigenvalue weighted by atomic mass is 16.5. The lowest BCUT2D eigenvalue weighted by Crippen LogP contribution is -2.39. The predicted octanol–water partition coefficient (Wildman–Crippen LogP) is -0.225. The molecule has 1 amide bonds. The van der Waals surface area contributed by atoms with Gasteiger partial charge in [0.25, 0.3) is 0 Å². The van der Waals surface area contributed by atoms with Crippen molar-refractivity contribution in [3.63, 3.8) is 0 Å². The van der Waals surface area contributed by atoms with Gasteiger partial charge in [-0.3, -0.25) is 4.79 Å². The van der Waals surface area contributed by atoms with Crippen molar-refractivity contribution in [1.29, 1.82) is 0 Å². The largest absolute Gasteiger partial charge is 0.378 e. The van der Waals surface area contributed by atoms with Crippen molar-refractivity contribution in [3.8, 4) is 0 Å². The molecule has 17 heavy (non-hydrogen) atoms. The molecule has 1 rings (SSSR count). The van der Waals surface area contributed by atoms with E-state index in [1.807, 2.05) is 25.9 Å². The van der Waals surface area contributed by atoms with E-state index in [-0.39, 0.29) is 11.9 Å². The summed E-state index contributed by atoms with van der Waals surface area (Å²) in [6, 6.07) is 0.0294. The third kappa shape index (κ3) is 5.02. The maximum atomic E-state index is 11.9. The summed E-state index contributed by atoms with van der Waals surface area (Å²) < 4.78 is 5.49. The molecule has 1 atom stereocenters. The summed E-state index contributed by atoms with van der Waals surface area (Å²) >= 11 is 0. The van der Waals surface area contributed by atoms with E-state index in [2.05, 4.69) is 10.2 Å². The number of carbonyl (C=O) groups excluding carboxylic acids is 1. The molecule has 1 N–H and O–H groups in total. The van der Waals surface area contributed by atoms with Gasteiger partial charge >= 0.3 is 0 Å². The minimum Gasteiger partial charge on any atom is -0.378 e. The minimum absolute atomic E-state index is 0.0294. The Labute approximate surface area is 104 Å². The Hall–Kier alpha value is -0.650. The van der Waals surface area contributed by atoms with Gasteiger partial charge in [0.1, 0.15) is 0 Å². The first-order valence-corrected chi connectivity index (χ1v) is 6.39. The average molecular weight is 243 g/mol. The molecule has 0 spiro atoms. The Balaban J connectivity index is 2.10. The molecule has 0 aromatic carbocycles. The molecule has 1 fully saturated rings. The van der Waals surface area contributed by atoms with E-state index in [9.17, 15) is 4.79 Å². The molecule has 0 radical (unpaired) electrons. The molecule has 1 aliphatic rings. The van der Waals surface area contributed by atoms with E-state index in [0.717, 1.165) is 32.7 Å². The fourth-order valence-electron chi connectivity index (χ4n) is 1.92. The second-order valence-corrected chi connectivity index (χ2v) is 4.64. The Morgan fingerprint density at radius 1 is 1.47 bits per heavy atom. The molecule has 1 heterocycles. The van der Waals surface area contributed by atoms with Crippen LogP contribution in [-0.2, 0) is 9.53 Å². The molecular weight excluding hydrogens is 218 g/mol. The van der Waals surface area contributed by atoms with E-state index in [1.165, 1.54) is 0 Å². The van der Waals surface area contributed by atoms with E-state index < -0.39 is 0 Å². The van der Waals surface area contributed by atoms with Crippen LogP contribution >= 0.6 is 0 Å². The number of hydrogen-bond acceptors (Lipinski definition) is 4. The van der Waals surface area contributed by atoms with Gasteiger partial charge in [0, 0.05) is 19.6 Å². The second-order valence-electron chi connectivity index (χ2n) is 4.64. The SMILES string of the molecule is CCNC1CCN(CCOCCN(C)C)C1=O. The Kier molecular flexibility index (Phi) is 6.47. The van der Waals surface area contributed by atoms with Gasteiger partial charge < -0.3 is 19.9 Å². The summed E-state index contributed by atoms with van der Waals surface area (Å²) in [5.41, 5.74) is 0. The van der Waals surface area contributed by atoms with E-state index in [1.54, 1.807) is 0 Å². The van der Waals surface area contributed by atoms with Crippen LogP contribution in [0.2, 0.25) is 0 Å². The van der Waals surface area contributed by atoms with Crippen molar-refractivity contribution in [1.82, 2.24) is 15.1 Å². The third-order valence-electron chi connectivity index (χ3n) is 2.94. The molecule has 5 nitrogen and oxygen atoms in total. The molecule has 0 saturated carbocycles. The zero-order chi connectivity index (χ0) is 12.7. The van der Waals surface area contributed by atoms with Crippen molar-refractivity contribution in [2.75, 3.05) is 53.5 Å².